The van der Waals surface area contributed by atoms with E-state index in [0.29, 0.717) is 0 Å². The summed E-state index contributed by atoms with van der Waals surface area (Å²) in [5, 5.41) is -0.676. The molecule has 1 aromatic carbocycles. The van der Waals surface area contributed by atoms with Crippen LogP contribution in [0.4, 0.5) is 13.6 Å². The third-order valence-corrected chi connectivity index (χ3v) is 5.03. The number of halogens is 3. The van der Waals surface area contributed by atoms with Gasteiger partial charge >= 0.3 is 6.09 Å². The maximum absolute atomic E-state index is 14.3. The van der Waals surface area contributed by atoms with Gasteiger partial charge in [0.1, 0.15) is 40.5 Å². The smallest absolute Gasteiger partial charge is 0.411 e. The predicted molar refractivity (Wildman–Crippen MR) is 101 cm³/mol. The molecule has 2 aliphatic heterocycles. The second-order valence-electron chi connectivity index (χ2n) is 8.69. The Bertz CT molecular complexity index is 839. The van der Waals surface area contributed by atoms with Crippen LogP contribution in [0.15, 0.2) is 12.1 Å². The van der Waals surface area contributed by atoms with Crippen molar-refractivity contribution in [1.82, 2.24) is 4.90 Å². The first kappa shape index (κ1) is 21.9. The summed E-state index contributed by atoms with van der Waals surface area (Å²) in [4.78, 5) is 27.0. The number of fused-ring (bicyclic) bond motifs is 1. The maximum atomic E-state index is 14.3. The molecule has 1 amide bonds. The van der Waals surface area contributed by atoms with Gasteiger partial charge in [-0.05, 0) is 46.2 Å². The molecule has 0 spiro atoms. The van der Waals surface area contributed by atoms with Crippen LogP contribution in [0.2, 0.25) is 5.02 Å². The summed E-state index contributed by atoms with van der Waals surface area (Å²) in [6.45, 7) is 8.67. The summed E-state index contributed by atoms with van der Waals surface area (Å²) >= 11 is 5.61. The van der Waals surface area contributed by atoms with E-state index in [2.05, 4.69) is 0 Å². The number of nitrogens with zero attached hydrogens (tertiary/aromatic N) is 1. The summed E-state index contributed by atoms with van der Waals surface area (Å²) in [6, 6.07) is 1.13. The average molecular weight is 432 g/mol. The van der Waals surface area contributed by atoms with Crippen LogP contribution in [0, 0.1) is 11.6 Å². The van der Waals surface area contributed by atoms with E-state index in [-0.39, 0.29) is 18.5 Å². The zero-order valence-corrected chi connectivity index (χ0v) is 17.7. The van der Waals surface area contributed by atoms with Crippen molar-refractivity contribution >= 4 is 23.5 Å². The number of likely N-dealkylation sites (tertiary alicyclic amines) is 1. The molecule has 0 aliphatic carbocycles. The molecule has 29 heavy (non-hydrogen) atoms. The monoisotopic (exact) mass is 431 g/mol. The van der Waals surface area contributed by atoms with Crippen molar-refractivity contribution in [3.8, 4) is 0 Å². The number of amides is 1. The topological polar surface area (TPSA) is 65.1 Å². The Labute approximate surface area is 173 Å². The molecule has 0 N–H and O–H groups in total. The Morgan fingerprint density at radius 3 is 2.55 bits per heavy atom. The molecular formula is C20H24ClF2NO5. The Morgan fingerprint density at radius 1 is 1.28 bits per heavy atom. The maximum Gasteiger partial charge on any atom is 0.411 e. The third kappa shape index (κ3) is 4.54. The zero-order chi connectivity index (χ0) is 21.7. The SMILES string of the molecule is CC(C)(C)OC(=O)N1C[C@H]2OC(C)(C)O[C@H]2[C@H]1C(=O)Cc1ccc(F)c(Cl)c1F. The van der Waals surface area contributed by atoms with E-state index >= 15 is 0 Å². The number of carbonyl (C=O) groups is 2. The standard InChI is InChI=1S/C20H24ClF2NO5/c1-19(2,3)29-18(26)24-9-13-17(28-20(4,5)27-13)16(24)12(25)8-10-6-7-11(22)14(21)15(10)23/h6-7,13,16-17H,8-9H2,1-5H3/t13-,16-,17-/m1/s1. The molecule has 1 aromatic rings. The molecule has 2 heterocycles. The molecule has 0 unspecified atom stereocenters. The number of ether oxygens (including phenoxy) is 3. The molecule has 2 fully saturated rings. The molecule has 2 saturated heterocycles. The summed E-state index contributed by atoms with van der Waals surface area (Å²) in [5.74, 6) is -3.31. The molecule has 2 aliphatic rings. The van der Waals surface area contributed by atoms with Gasteiger partial charge in [0.15, 0.2) is 11.6 Å². The van der Waals surface area contributed by atoms with Gasteiger partial charge < -0.3 is 14.2 Å². The fourth-order valence-corrected chi connectivity index (χ4v) is 3.80. The van der Waals surface area contributed by atoms with Gasteiger partial charge in [-0.1, -0.05) is 17.7 Å². The molecule has 3 atom stereocenters. The lowest BCUT2D eigenvalue weighted by molar-refractivity contribution is -0.163. The van der Waals surface area contributed by atoms with Crippen molar-refractivity contribution < 1.29 is 32.6 Å². The Hall–Kier alpha value is -1.77. The van der Waals surface area contributed by atoms with Crippen LogP contribution < -0.4 is 0 Å². The van der Waals surface area contributed by atoms with Crippen molar-refractivity contribution in [2.75, 3.05) is 6.54 Å². The van der Waals surface area contributed by atoms with Gasteiger partial charge in [0.2, 0.25) is 0 Å². The Balaban J connectivity index is 1.88. The van der Waals surface area contributed by atoms with Crippen molar-refractivity contribution in [2.45, 2.75) is 70.7 Å². The van der Waals surface area contributed by atoms with Crippen molar-refractivity contribution in [1.29, 1.82) is 0 Å². The summed E-state index contributed by atoms with van der Waals surface area (Å²) in [7, 11) is 0. The van der Waals surface area contributed by atoms with Crippen LogP contribution in [-0.4, -0.2) is 53.0 Å². The highest BCUT2D eigenvalue weighted by atomic mass is 35.5. The molecule has 0 saturated carbocycles. The van der Waals surface area contributed by atoms with Gasteiger partial charge in [0.25, 0.3) is 0 Å². The first-order valence-electron chi connectivity index (χ1n) is 9.29. The van der Waals surface area contributed by atoms with Crippen LogP contribution >= 0.6 is 11.6 Å². The largest absolute Gasteiger partial charge is 0.444 e. The highest BCUT2D eigenvalue weighted by Crippen LogP contribution is 2.38. The lowest BCUT2D eigenvalue weighted by Gasteiger charge is -2.31. The number of ketones is 1. The molecule has 0 bridgehead atoms. The van der Waals surface area contributed by atoms with Gasteiger partial charge in [-0.15, -0.1) is 0 Å². The molecule has 0 aromatic heterocycles. The van der Waals surface area contributed by atoms with Gasteiger partial charge in [-0.2, -0.15) is 0 Å². The predicted octanol–water partition coefficient (Wildman–Crippen LogP) is 3.87. The van der Waals surface area contributed by atoms with Crippen LogP contribution in [0.5, 0.6) is 0 Å². The van der Waals surface area contributed by atoms with Gasteiger partial charge in [0, 0.05) is 6.42 Å². The quantitative estimate of drug-likeness (QED) is 0.680. The fourth-order valence-electron chi connectivity index (χ4n) is 3.62. The minimum atomic E-state index is -1.03. The number of benzene rings is 1. The molecule has 0 radical (unpaired) electrons. The zero-order valence-electron chi connectivity index (χ0n) is 16.9. The van der Waals surface area contributed by atoms with Gasteiger partial charge in [0.05, 0.1) is 6.54 Å². The van der Waals surface area contributed by atoms with E-state index < -0.39 is 58.2 Å². The first-order chi connectivity index (χ1) is 13.3. The highest BCUT2D eigenvalue weighted by molar-refractivity contribution is 6.31. The van der Waals surface area contributed by atoms with E-state index in [4.69, 9.17) is 25.8 Å². The number of rotatable bonds is 3. The molecule has 160 valence electrons. The van der Waals surface area contributed by atoms with Crippen molar-refractivity contribution in [3.05, 3.63) is 34.4 Å². The summed E-state index contributed by atoms with van der Waals surface area (Å²) < 4.78 is 44.8. The van der Waals surface area contributed by atoms with Crippen molar-refractivity contribution in [2.24, 2.45) is 0 Å². The van der Waals surface area contributed by atoms with E-state index in [0.717, 1.165) is 12.1 Å². The highest BCUT2D eigenvalue weighted by Gasteiger charge is 2.56. The third-order valence-electron chi connectivity index (χ3n) is 4.68. The minimum absolute atomic E-state index is 0.0628. The van der Waals surface area contributed by atoms with E-state index in [1.54, 1.807) is 34.6 Å². The van der Waals surface area contributed by atoms with Crippen LogP contribution in [0.1, 0.15) is 40.2 Å². The average Bonchev–Trinajstić information content (AvgIpc) is 3.05. The Kier molecular flexibility index (Phi) is 5.66. The second kappa shape index (κ2) is 7.49. The van der Waals surface area contributed by atoms with E-state index in [1.807, 2.05) is 0 Å². The number of Topliss-reactive ketones (excluding diaryl/α,β-unsaturated/α-hetero) is 1. The van der Waals surface area contributed by atoms with E-state index in [9.17, 15) is 18.4 Å². The summed E-state index contributed by atoms with van der Waals surface area (Å²) in [5.41, 5.74) is -0.827. The fraction of sp³-hybridized carbons (Fsp3) is 0.600. The number of hydrogen-bond donors (Lipinski definition) is 0. The van der Waals surface area contributed by atoms with Crippen LogP contribution in [0.3, 0.4) is 0 Å². The number of hydrogen-bond acceptors (Lipinski definition) is 5. The van der Waals surface area contributed by atoms with Crippen LogP contribution in [-0.2, 0) is 25.4 Å². The van der Waals surface area contributed by atoms with E-state index in [1.165, 1.54) is 4.90 Å². The summed E-state index contributed by atoms with van der Waals surface area (Å²) in [6.07, 6.45) is -2.31. The minimum Gasteiger partial charge on any atom is -0.444 e. The van der Waals surface area contributed by atoms with Gasteiger partial charge in [-0.3, -0.25) is 9.69 Å². The normalized spacial score (nSPS) is 25.8. The van der Waals surface area contributed by atoms with Gasteiger partial charge in [-0.25, -0.2) is 13.6 Å². The molecule has 3 rings (SSSR count). The molecule has 9 heteroatoms. The Morgan fingerprint density at radius 2 is 1.93 bits per heavy atom. The molecular weight excluding hydrogens is 408 g/mol. The van der Waals surface area contributed by atoms with Crippen LogP contribution in [0.25, 0.3) is 0 Å². The molecule has 6 nitrogen and oxygen atoms in total. The lowest BCUT2D eigenvalue weighted by Crippen LogP contribution is -2.49. The van der Waals surface area contributed by atoms with Crippen molar-refractivity contribution in [3.63, 3.8) is 0 Å². The number of carbonyl (C=O) groups excluding carboxylic acids is 2. The first-order valence-corrected chi connectivity index (χ1v) is 9.67. The lowest BCUT2D eigenvalue weighted by atomic mass is 9.99. The second-order valence-corrected chi connectivity index (χ2v) is 9.07.